The lowest BCUT2D eigenvalue weighted by molar-refractivity contribution is 0.376. The maximum atomic E-state index is 2.48. The lowest BCUT2D eigenvalue weighted by Gasteiger charge is -2.09. The topological polar surface area (TPSA) is 3.01 Å². The highest BCUT2D eigenvalue weighted by molar-refractivity contribution is 5.00. The fraction of sp³-hybridized carbons (Fsp3) is 1.00. The minimum Gasteiger partial charge on any atom is -0.293 e. The molecular weight excluding hydrogens is 98.1 g/mol. The zero-order valence-electron chi connectivity index (χ0n) is 6.23. The van der Waals surface area contributed by atoms with E-state index in [0.717, 1.165) is 6.04 Å². The molecule has 0 amide bonds. The van der Waals surface area contributed by atoms with E-state index in [1.807, 2.05) is 0 Å². The molecule has 1 saturated heterocycles. The van der Waals surface area contributed by atoms with Crippen molar-refractivity contribution in [1.82, 2.24) is 4.90 Å². The van der Waals surface area contributed by atoms with Crippen molar-refractivity contribution in [3.8, 4) is 0 Å². The first-order valence-corrected chi connectivity index (χ1v) is 3.31. The predicted molar refractivity (Wildman–Crippen MR) is 35.9 cm³/mol. The van der Waals surface area contributed by atoms with Crippen LogP contribution < -0.4 is 0 Å². The summed E-state index contributed by atoms with van der Waals surface area (Å²) in [6, 6.07) is 0.741. The average Bonchev–Trinajstić information content (AvgIpc) is 2.13. The van der Waals surface area contributed by atoms with Gasteiger partial charge in [0.15, 0.2) is 0 Å². The number of rotatable bonds is 1. The Labute approximate surface area is 51.7 Å². The number of hydrogen-bond donors (Lipinski definition) is 0. The van der Waals surface area contributed by atoms with Gasteiger partial charge in [-0.05, 0) is 27.7 Å². The SMILES string of the molecule is CC(C)N1CC1(C)C. The number of hydrogen-bond acceptors (Lipinski definition) is 1. The van der Waals surface area contributed by atoms with Crippen LogP contribution in [-0.4, -0.2) is 23.0 Å². The lowest BCUT2D eigenvalue weighted by atomic mass is 10.2. The minimum atomic E-state index is 0.522. The van der Waals surface area contributed by atoms with Gasteiger partial charge < -0.3 is 0 Å². The molecule has 1 nitrogen and oxygen atoms in total. The van der Waals surface area contributed by atoms with Crippen molar-refractivity contribution in [3.63, 3.8) is 0 Å². The molecule has 0 aromatic heterocycles. The normalized spacial score (nSPS) is 33.4. The molecule has 0 aromatic carbocycles. The summed E-state index contributed by atoms with van der Waals surface area (Å²) in [6.07, 6.45) is 0. The van der Waals surface area contributed by atoms with Crippen LogP contribution in [0.3, 0.4) is 0 Å². The van der Waals surface area contributed by atoms with E-state index in [2.05, 4.69) is 32.6 Å². The van der Waals surface area contributed by atoms with E-state index in [-0.39, 0.29) is 0 Å². The van der Waals surface area contributed by atoms with Crippen LogP contribution in [0.25, 0.3) is 0 Å². The van der Waals surface area contributed by atoms with E-state index in [9.17, 15) is 0 Å². The van der Waals surface area contributed by atoms with Crippen LogP contribution in [-0.2, 0) is 0 Å². The van der Waals surface area contributed by atoms with Gasteiger partial charge in [0.05, 0.1) is 0 Å². The molecule has 8 heavy (non-hydrogen) atoms. The summed E-state index contributed by atoms with van der Waals surface area (Å²) in [5.41, 5.74) is 0.522. The summed E-state index contributed by atoms with van der Waals surface area (Å²) in [6.45, 7) is 10.3. The Bertz CT molecular complexity index is 94.6. The molecule has 1 rings (SSSR count). The molecule has 0 saturated carbocycles. The van der Waals surface area contributed by atoms with Crippen LogP contribution >= 0.6 is 0 Å². The fourth-order valence-electron chi connectivity index (χ4n) is 1.26. The molecule has 0 bridgehead atoms. The summed E-state index contributed by atoms with van der Waals surface area (Å²) in [5.74, 6) is 0. The van der Waals surface area contributed by atoms with Gasteiger partial charge in [-0.25, -0.2) is 0 Å². The second kappa shape index (κ2) is 1.47. The molecule has 0 aliphatic carbocycles. The zero-order chi connectivity index (χ0) is 6.36. The molecule has 1 atom stereocenters. The highest BCUT2D eigenvalue weighted by Gasteiger charge is 2.43. The number of nitrogens with zero attached hydrogens (tertiary/aromatic N) is 1. The van der Waals surface area contributed by atoms with Gasteiger partial charge in [-0.3, -0.25) is 4.90 Å². The Morgan fingerprint density at radius 3 is 1.75 bits per heavy atom. The maximum absolute atomic E-state index is 2.48. The zero-order valence-corrected chi connectivity index (χ0v) is 6.23. The fourth-order valence-corrected chi connectivity index (χ4v) is 1.26. The van der Waals surface area contributed by atoms with E-state index in [4.69, 9.17) is 0 Å². The highest BCUT2D eigenvalue weighted by atomic mass is 15.4. The van der Waals surface area contributed by atoms with Crippen molar-refractivity contribution in [1.29, 1.82) is 0 Å². The Morgan fingerprint density at radius 2 is 1.75 bits per heavy atom. The summed E-state index contributed by atoms with van der Waals surface area (Å²) in [5, 5.41) is 0. The standard InChI is InChI=1S/C7H15N/c1-6(2)8-5-7(8,3)4/h6H,5H2,1-4H3. The van der Waals surface area contributed by atoms with Gasteiger partial charge >= 0.3 is 0 Å². The molecule has 1 aliphatic rings. The van der Waals surface area contributed by atoms with Gasteiger partial charge in [0.2, 0.25) is 0 Å². The summed E-state index contributed by atoms with van der Waals surface area (Å²) in [7, 11) is 0. The van der Waals surface area contributed by atoms with Gasteiger partial charge in [0.25, 0.3) is 0 Å². The average molecular weight is 113 g/mol. The quantitative estimate of drug-likeness (QED) is 0.465. The van der Waals surface area contributed by atoms with Crippen molar-refractivity contribution in [2.45, 2.75) is 39.3 Å². The summed E-state index contributed by atoms with van der Waals surface area (Å²) in [4.78, 5) is 2.48. The lowest BCUT2D eigenvalue weighted by Crippen LogP contribution is -2.16. The van der Waals surface area contributed by atoms with Crippen molar-refractivity contribution in [2.24, 2.45) is 0 Å². The van der Waals surface area contributed by atoms with Crippen LogP contribution in [0.2, 0.25) is 0 Å². The third-order valence-corrected chi connectivity index (χ3v) is 1.85. The third-order valence-electron chi connectivity index (χ3n) is 1.85. The first-order chi connectivity index (χ1) is 3.54. The van der Waals surface area contributed by atoms with E-state index >= 15 is 0 Å². The molecule has 0 radical (unpaired) electrons. The monoisotopic (exact) mass is 113 g/mol. The third kappa shape index (κ3) is 0.873. The second-order valence-corrected chi connectivity index (χ2v) is 3.53. The van der Waals surface area contributed by atoms with Gasteiger partial charge in [-0.15, -0.1) is 0 Å². The van der Waals surface area contributed by atoms with Crippen LogP contribution in [0.1, 0.15) is 27.7 Å². The van der Waals surface area contributed by atoms with Gasteiger partial charge in [0.1, 0.15) is 0 Å². The van der Waals surface area contributed by atoms with Crippen LogP contribution in [0.15, 0.2) is 0 Å². The van der Waals surface area contributed by atoms with E-state index in [1.165, 1.54) is 6.54 Å². The second-order valence-electron chi connectivity index (χ2n) is 3.53. The molecule has 0 spiro atoms. The summed E-state index contributed by atoms with van der Waals surface area (Å²) >= 11 is 0. The molecule has 1 fully saturated rings. The first kappa shape index (κ1) is 6.09. The van der Waals surface area contributed by atoms with E-state index in [0.29, 0.717) is 5.54 Å². The molecule has 48 valence electrons. The van der Waals surface area contributed by atoms with E-state index < -0.39 is 0 Å². The predicted octanol–water partition coefficient (Wildman–Crippen LogP) is 1.49. The smallest absolute Gasteiger partial charge is 0.0284 e. The van der Waals surface area contributed by atoms with Gasteiger partial charge in [0, 0.05) is 18.1 Å². The maximum Gasteiger partial charge on any atom is 0.0284 e. The Balaban J connectivity index is 2.37. The van der Waals surface area contributed by atoms with Crippen molar-refractivity contribution in [2.75, 3.05) is 6.54 Å². The molecule has 0 N–H and O–H groups in total. The first-order valence-electron chi connectivity index (χ1n) is 3.31. The molecule has 1 heteroatoms. The minimum absolute atomic E-state index is 0.522. The Morgan fingerprint density at radius 1 is 1.38 bits per heavy atom. The van der Waals surface area contributed by atoms with Gasteiger partial charge in [-0.1, -0.05) is 0 Å². The van der Waals surface area contributed by atoms with E-state index in [1.54, 1.807) is 0 Å². The Hall–Kier alpha value is -0.0400. The van der Waals surface area contributed by atoms with Crippen molar-refractivity contribution in [3.05, 3.63) is 0 Å². The van der Waals surface area contributed by atoms with Crippen LogP contribution in [0.4, 0.5) is 0 Å². The highest BCUT2D eigenvalue weighted by Crippen LogP contribution is 2.32. The molecule has 1 unspecified atom stereocenters. The largest absolute Gasteiger partial charge is 0.293 e. The van der Waals surface area contributed by atoms with Crippen LogP contribution in [0.5, 0.6) is 0 Å². The Kier molecular flexibility index (Phi) is 1.12. The van der Waals surface area contributed by atoms with Crippen LogP contribution in [0, 0.1) is 0 Å². The van der Waals surface area contributed by atoms with Gasteiger partial charge in [-0.2, -0.15) is 0 Å². The molecular formula is C7H15N. The van der Waals surface area contributed by atoms with Crippen molar-refractivity contribution >= 4 is 0 Å². The van der Waals surface area contributed by atoms with Crippen molar-refractivity contribution < 1.29 is 0 Å². The molecule has 0 aromatic rings. The molecule has 1 heterocycles. The molecule has 1 aliphatic heterocycles. The summed E-state index contributed by atoms with van der Waals surface area (Å²) < 4.78 is 0.